The van der Waals surface area contributed by atoms with Crippen LogP contribution in [0.3, 0.4) is 0 Å². The van der Waals surface area contributed by atoms with Crippen molar-refractivity contribution in [2.75, 3.05) is 19.6 Å². The molecule has 4 rings (SSSR count). The highest BCUT2D eigenvalue weighted by Crippen LogP contribution is 2.41. The molecule has 4 heteroatoms. The summed E-state index contributed by atoms with van der Waals surface area (Å²) in [6, 6.07) is 18.5. The summed E-state index contributed by atoms with van der Waals surface area (Å²) in [4.78, 5) is 28.4. The van der Waals surface area contributed by atoms with E-state index in [9.17, 15) is 9.59 Å². The highest BCUT2D eigenvalue weighted by molar-refractivity contribution is 6.35. The summed E-state index contributed by atoms with van der Waals surface area (Å²) in [5.74, 6) is -0.632. The van der Waals surface area contributed by atoms with Gasteiger partial charge in [0.05, 0.1) is 6.04 Å². The number of rotatable bonds is 2. The molecule has 2 aliphatic heterocycles. The lowest BCUT2D eigenvalue weighted by Gasteiger charge is -2.46. The number of hydrogen-bond donors (Lipinski definition) is 0. The molecular formula is C20H20N2O2. The summed E-state index contributed by atoms with van der Waals surface area (Å²) in [5.41, 5.74) is 3.61. The molecule has 1 fully saturated rings. The SMILES string of the molecule is CCN1C[C@@H]2c3ccccc3[C@@H](c3ccccc3)CN2C(=O)C1=O. The minimum atomic E-state index is -0.375. The first-order valence-electron chi connectivity index (χ1n) is 8.44. The van der Waals surface area contributed by atoms with E-state index in [4.69, 9.17) is 0 Å². The van der Waals surface area contributed by atoms with Crippen molar-refractivity contribution >= 4 is 11.8 Å². The van der Waals surface area contributed by atoms with E-state index in [1.165, 1.54) is 11.1 Å². The van der Waals surface area contributed by atoms with Crippen molar-refractivity contribution in [3.8, 4) is 0 Å². The van der Waals surface area contributed by atoms with E-state index in [1.807, 2.05) is 31.2 Å². The number of hydrogen-bond acceptors (Lipinski definition) is 2. The van der Waals surface area contributed by atoms with Gasteiger partial charge in [-0.25, -0.2) is 0 Å². The van der Waals surface area contributed by atoms with Crippen LogP contribution in [0.4, 0.5) is 0 Å². The Morgan fingerprint density at radius 3 is 2.25 bits per heavy atom. The first-order chi connectivity index (χ1) is 11.7. The maximum Gasteiger partial charge on any atom is 0.312 e. The number of likely N-dealkylation sites (N-methyl/N-ethyl adjacent to an activating group) is 1. The van der Waals surface area contributed by atoms with Gasteiger partial charge in [-0.05, 0) is 23.6 Å². The van der Waals surface area contributed by atoms with Crippen LogP contribution >= 0.6 is 0 Å². The second-order valence-corrected chi connectivity index (χ2v) is 6.41. The summed E-state index contributed by atoms with van der Waals surface area (Å²) < 4.78 is 0. The average Bonchev–Trinajstić information content (AvgIpc) is 2.64. The molecule has 2 amide bonds. The van der Waals surface area contributed by atoms with E-state index in [1.54, 1.807) is 9.80 Å². The molecule has 4 nitrogen and oxygen atoms in total. The maximum atomic E-state index is 12.7. The Morgan fingerprint density at radius 2 is 1.54 bits per heavy atom. The minimum absolute atomic E-state index is 0.0358. The lowest BCUT2D eigenvalue weighted by atomic mass is 9.80. The largest absolute Gasteiger partial charge is 0.332 e. The number of nitrogens with zero attached hydrogens (tertiary/aromatic N) is 2. The van der Waals surface area contributed by atoms with Crippen LogP contribution in [0, 0.1) is 0 Å². The Bertz CT molecular complexity index is 787. The smallest absolute Gasteiger partial charge is 0.312 e. The van der Waals surface area contributed by atoms with Crippen LogP contribution in [0.25, 0.3) is 0 Å². The summed E-state index contributed by atoms with van der Waals surface area (Å²) in [6.45, 7) is 3.63. The maximum absolute atomic E-state index is 12.7. The predicted octanol–water partition coefficient (Wildman–Crippen LogP) is 2.56. The van der Waals surface area contributed by atoms with Gasteiger partial charge < -0.3 is 9.80 Å². The number of fused-ring (bicyclic) bond motifs is 3. The minimum Gasteiger partial charge on any atom is -0.332 e. The number of carbonyl (C=O) groups is 2. The van der Waals surface area contributed by atoms with Crippen LogP contribution in [-0.4, -0.2) is 41.2 Å². The van der Waals surface area contributed by atoms with Crippen LogP contribution in [-0.2, 0) is 9.59 Å². The predicted molar refractivity (Wildman–Crippen MR) is 91.4 cm³/mol. The fraction of sp³-hybridized carbons (Fsp3) is 0.300. The Balaban J connectivity index is 1.82. The van der Waals surface area contributed by atoms with Crippen LogP contribution < -0.4 is 0 Å². The topological polar surface area (TPSA) is 40.6 Å². The number of carbonyl (C=O) groups excluding carboxylic acids is 2. The summed E-state index contributed by atoms with van der Waals surface area (Å²) in [5, 5.41) is 0. The molecule has 1 saturated heterocycles. The quantitative estimate of drug-likeness (QED) is 0.798. The Labute approximate surface area is 141 Å². The first-order valence-corrected chi connectivity index (χ1v) is 8.44. The van der Waals surface area contributed by atoms with Crippen LogP contribution in [0.5, 0.6) is 0 Å². The van der Waals surface area contributed by atoms with E-state index in [-0.39, 0.29) is 23.8 Å². The van der Waals surface area contributed by atoms with Crippen molar-refractivity contribution < 1.29 is 9.59 Å². The van der Waals surface area contributed by atoms with E-state index >= 15 is 0 Å². The number of benzene rings is 2. The van der Waals surface area contributed by atoms with Crippen molar-refractivity contribution in [1.82, 2.24) is 9.80 Å². The van der Waals surface area contributed by atoms with Gasteiger partial charge in [0, 0.05) is 25.6 Å². The van der Waals surface area contributed by atoms with Crippen LogP contribution in [0.15, 0.2) is 54.6 Å². The molecule has 24 heavy (non-hydrogen) atoms. The van der Waals surface area contributed by atoms with Gasteiger partial charge in [0.15, 0.2) is 0 Å². The zero-order valence-electron chi connectivity index (χ0n) is 13.7. The lowest BCUT2D eigenvalue weighted by molar-refractivity contribution is -0.159. The normalized spacial score (nSPS) is 23.0. The standard InChI is InChI=1S/C20H20N2O2/c1-2-21-13-18-16-11-7-6-10-15(16)17(14-8-4-3-5-9-14)12-22(18)20(24)19(21)23/h3-11,17-18H,2,12-13H2,1H3/t17-,18-/m1/s1. The van der Waals surface area contributed by atoms with Crippen LogP contribution in [0.1, 0.15) is 35.6 Å². The summed E-state index contributed by atoms with van der Waals surface area (Å²) >= 11 is 0. The van der Waals surface area contributed by atoms with E-state index in [2.05, 4.69) is 30.3 Å². The van der Waals surface area contributed by atoms with Gasteiger partial charge in [0.25, 0.3) is 0 Å². The molecule has 122 valence electrons. The molecule has 0 bridgehead atoms. The fourth-order valence-electron chi connectivity index (χ4n) is 3.94. The molecule has 0 unspecified atom stereocenters. The Kier molecular flexibility index (Phi) is 3.60. The summed E-state index contributed by atoms with van der Waals surface area (Å²) in [7, 11) is 0. The van der Waals surface area contributed by atoms with Gasteiger partial charge in [-0.3, -0.25) is 9.59 Å². The number of piperazine rings is 1. The highest BCUT2D eigenvalue weighted by atomic mass is 16.2. The zero-order valence-corrected chi connectivity index (χ0v) is 13.7. The van der Waals surface area contributed by atoms with Crippen molar-refractivity contribution in [2.45, 2.75) is 18.9 Å². The van der Waals surface area contributed by atoms with Crippen molar-refractivity contribution in [2.24, 2.45) is 0 Å². The number of amides is 2. The van der Waals surface area contributed by atoms with E-state index in [0.717, 1.165) is 5.56 Å². The Morgan fingerprint density at radius 1 is 0.875 bits per heavy atom. The Hall–Kier alpha value is -2.62. The van der Waals surface area contributed by atoms with Crippen molar-refractivity contribution in [1.29, 1.82) is 0 Å². The van der Waals surface area contributed by atoms with Gasteiger partial charge in [-0.2, -0.15) is 0 Å². The molecule has 2 aromatic rings. The van der Waals surface area contributed by atoms with Crippen molar-refractivity contribution in [3.63, 3.8) is 0 Å². The van der Waals surface area contributed by atoms with E-state index < -0.39 is 0 Å². The molecule has 2 heterocycles. The zero-order chi connectivity index (χ0) is 16.7. The van der Waals surface area contributed by atoms with Gasteiger partial charge >= 0.3 is 11.8 Å². The van der Waals surface area contributed by atoms with Crippen LogP contribution in [0.2, 0.25) is 0 Å². The van der Waals surface area contributed by atoms with E-state index in [0.29, 0.717) is 19.6 Å². The third-order valence-corrected chi connectivity index (χ3v) is 5.19. The molecule has 2 aromatic carbocycles. The third kappa shape index (κ3) is 2.21. The van der Waals surface area contributed by atoms with Gasteiger partial charge in [-0.1, -0.05) is 54.6 Å². The molecular weight excluding hydrogens is 300 g/mol. The third-order valence-electron chi connectivity index (χ3n) is 5.19. The lowest BCUT2D eigenvalue weighted by Crippen LogP contribution is -2.58. The molecule has 0 N–H and O–H groups in total. The molecule has 0 radical (unpaired) electrons. The average molecular weight is 320 g/mol. The summed E-state index contributed by atoms with van der Waals surface area (Å²) in [6.07, 6.45) is 0. The second-order valence-electron chi connectivity index (χ2n) is 6.41. The molecule has 0 spiro atoms. The molecule has 2 aliphatic rings. The monoisotopic (exact) mass is 320 g/mol. The molecule has 0 saturated carbocycles. The van der Waals surface area contributed by atoms with Gasteiger partial charge in [0.1, 0.15) is 0 Å². The van der Waals surface area contributed by atoms with Crippen molar-refractivity contribution in [3.05, 3.63) is 71.3 Å². The molecule has 2 atom stereocenters. The second kappa shape index (κ2) is 5.78. The highest BCUT2D eigenvalue weighted by Gasteiger charge is 2.44. The van der Waals surface area contributed by atoms with Gasteiger partial charge in [0.2, 0.25) is 0 Å². The fourth-order valence-corrected chi connectivity index (χ4v) is 3.94. The molecule has 0 aliphatic carbocycles. The first kappa shape index (κ1) is 14.9. The van der Waals surface area contributed by atoms with Gasteiger partial charge in [-0.15, -0.1) is 0 Å². The molecule has 0 aromatic heterocycles.